The van der Waals surface area contributed by atoms with Crippen molar-refractivity contribution < 1.29 is 4.79 Å². The van der Waals surface area contributed by atoms with Crippen LogP contribution in [-0.2, 0) is 17.9 Å². The van der Waals surface area contributed by atoms with Crippen molar-refractivity contribution in [3.05, 3.63) is 71.8 Å². The molecule has 1 atom stereocenters. The van der Waals surface area contributed by atoms with Crippen LogP contribution in [0, 0.1) is 0 Å². The summed E-state index contributed by atoms with van der Waals surface area (Å²) in [6, 6.07) is 20.3. The Hall–Kier alpha value is -1.82. The Morgan fingerprint density at radius 3 is 2.09 bits per heavy atom. The van der Waals surface area contributed by atoms with Crippen molar-refractivity contribution in [2.75, 3.05) is 11.6 Å². The molecule has 2 aromatic carbocycles. The number of amides is 1. The van der Waals surface area contributed by atoms with Crippen molar-refractivity contribution in [3.63, 3.8) is 0 Å². The van der Waals surface area contributed by atoms with E-state index in [2.05, 4.69) is 35.0 Å². The number of nitrogens with zero attached hydrogens (tertiary/aromatic N) is 1. The maximum atomic E-state index is 12.4. The molecule has 0 bridgehead atoms. The van der Waals surface area contributed by atoms with Gasteiger partial charge in [0, 0.05) is 24.7 Å². The average molecular weight is 327 g/mol. The quantitative estimate of drug-likeness (QED) is 0.800. The summed E-state index contributed by atoms with van der Waals surface area (Å²) in [6.45, 7) is 1.36. The van der Waals surface area contributed by atoms with E-state index in [1.165, 1.54) is 11.1 Å². The molecular weight excluding hydrogens is 306 g/mol. The number of hydrogen-bond acceptors (Lipinski definition) is 4. The molecule has 1 unspecified atom stereocenters. The summed E-state index contributed by atoms with van der Waals surface area (Å²) in [5.41, 5.74) is 5.43. The summed E-state index contributed by atoms with van der Waals surface area (Å²) >= 11 is 1.76. The minimum Gasteiger partial charge on any atom is -0.296 e. The largest absolute Gasteiger partial charge is 0.296 e. The molecule has 1 fully saturated rings. The Morgan fingerprint density at radius 2 is 1.61 bits per heavy atom. The predicted molar refractivity (Wildman–Crippen MR) is 94.5 cm³/mol. The summed E-state index contributed by atoms with van der Waals surface area (Å²) in [5, 5.41) is 5.20. The van der Waals surface area contributed by atoms with E-state index < -0.39 is 0 Å². The van der Waals surface area contributed by atoms with Gasteiger partial charge in [-0.1, -0.05) is 60.7 Å². The Kier molecular flexibility index (Phi) is 5.69. The molecule has 0 spiro atoms. The maximum absolute atomic E-state index is 12.4. The Labute approximate surface area is 141 Å². The van der Waals surface area contributed by atoms with Gasteiger partial charge in [0.2, 0.25) is 0 Å². The summed E-state index contributed by atoms with van der Waals surface area (Å²) < 4.78 is 0. The number of carbonyl (C=O) groups is 1. The highest BCUT2D eigenvalue weighted by Gasteiger charge is 2.24. The molecule has 5 heteroatoms. The Bertz CT molecular complexity index is 573. The van der Waals surface area contributed by atoms with E-state index in [0.717, 1.165) is 11.6 Å². The molecule has 0 saturated carbocycles. The molecule has 120 valence electrons. The minimum absolute atomic E-state index is 0.0434. The van der Waals surface area contributed by atoms with E-state index in [1.807, 2.05) is 41.4 Å². The van der Waals surface area contributed by atoms with E-state index in [9.17, 15) is 4.79 Å². The first-order valence-corrected chi connectivity index (χ1v) is 8.91. The standard InChI is InChI=1S/C18H21N3OS/c22-18(17-13-23-14-19-17)20-21(11-15-7-3-1-4-8-15)12-16-9-5-2-6-10-16/h1-10,17,19H,11-14H2,(H,20,22). The number of carbonyl (C=O) groups excluding carboxylic acids is 1. The second-order valence-electron chi connectivity index (χ2n) is 5.58. The number of benzene rings is 2. The van der Waals surface area contributed by atoms with Gasteiger partial charge in [0.05, 0.1) is 6.04 Å². The van der Waals surface area contributed by atoms with Crippen LogP contribution in [0.2, 0.25) is 0 Å². The normalized spacial score (nSPS) is 17.3. The van der Waals surface area contributed by atoms with Gasteiger partial charge in [-0.3, -0.25) is 15.5 Å². The average Bonchev–Trinajstić information content (AvgIpc) is 3.11. The molecule has 1 saturated heterocycles. The fraction of sp³-hybridized carbons (Fsp3) is 0.278. The third kappa shape index (κ3) is 4.82. The zero-order valence-electron chi connectivity index (χ0n) is 12.9. The Morgan fingerprint density at radius 1 is 1.04 bits per heavy atom. The molecule has 23 heavy (non-hydrogen) atoms. The summed E-state index contributed by atoms with van der Waals surface area (Å²) in [6.07, 6.45) is 0. The van der Waals surface area contributed by atoms with Gasteiger partial charge in [0.15, 0.2) is 0 Å². The highest BCUT2D eigenvalue weighted by molar-refractivity contribution is 7.99. The van der Waals surface area contributed by atoms with E-state index in [-0.39, 0.29) is 11.9 Å². The second-order valence-corrected chi connectivity index (χ2v) is 6.61. The molecule has 1 heterocycles. The van der Waals surface area contributed by atoms with Crippen LogP contribution >= 0.6 is 11.8 Å². The van der Waals surface area contributed by atoms with Crippen molar-refractivity contribution in [2.24, 2.45) is 0 Å². The monoisotopic (exact) mass is 327 g/mol. The lowest BCUT2D eigenvalue weighted by molar-refractivity contribution is -0.127. The first kappa shape index (κ1) is 16.1. The lowest BCUT2D eigenvalue weighted by Crippen LogP contribution is -2.49. The van der Waals surface area contributed by atoms with Crippen LogP contribution < -0.4 is 10.7 Å². The van der Waals surface area contributed by atoms with E-state index in [0.29, 0.717) is 13.1 Å². The lowest BCUT2D eigenvalue weighted by Gasteiger charge is -2.25. The minimum atomic E-state index is -0.103. The smallest absolute Gasteiger partial charge is 0.252 e. The fourth-order valence-corrected chi connectivity index (χ4v) is 3.48. The molecular formula is C18H21N3OS. The molecule has 1 amide bonds. The van der Waals surface area contributed by atoms with Crippen molar-refractivity contribution >= 4 is 17.7 Å². The van der Waals surface area contributed by atoms with Gasteiger partial charge in [-0.2, -0.15) is 0 Å². The van der Waals surface area contributed by atoms with E-state index >= 15 is 0 Å². The Balaban J connectivity index is 1.68. The zero-order valence-corrected chi connectivity index (χ0v) is 13.8. The van der Waals surface area contributed by atoms with Gasteiger partial charge < -0.3 is 0 Å². The third-order valence-corrected chi connectivity index (χ3v) is 4.67. The zero-order chi connectivity index (χ0) is 15.9. The molecule has 0 radical (unpaired) electrons. The highest BCUT2D eigenvalue weighted by Crippen LogP contribution is 2.11. The molecule has 0 aliphatic carbocycles. The molecule has 2 aromatic rings. The van der Waals surface area contributed by atoms with Crippen LogP contribution in [0.25, 0.3) is 0 Å². The second kappa shape index (κ2) is 8.15. The number of thioether (sulfide) groups is 1. The third-order valence-electron chi connectivity index (χ3n) is 3.73. The van der Waals surface area contributed by atoms with Crippen LogP contribution in [-0.4, -0.2) is 28.6 Å². The van der Waals surface area contributed by atoms with Crippen molar-refractivity contribution in [1.29, 1.82) is 0 Å². The SMILES string of the molecule is O=C(NN(Cc1ccccc1)Cc1ccccc1)C1CSCN1. The van der Waals surface area contributed by atoms with Gasteiger partial charge in [-0.05, 0) is 11.1 Å². The number of hydrogen-bond donors (Lipinski definition) is 2. The van der Waals surface area contributed by atoms with Crippen LogP contribution in [0.5, 0.6) is 0 Å². The van der Waals surface area contributed by atoms with Gasteiger partial charge >= 0.3 is 0 Å². The van der Waals surface area contributed by atoms with E-state index in [1.54, 1.807) is 11.8 Å². The van der Waals surface area contributed by atoms with Crippen molar-refractivity contribution in [1.82, 2.24) is 15.8 Å². The summed E-state index contributed by atoms with van der Waals surface area (Å²) in [7, 11) is 0. The lowest BCUT2D eigenvalue weighted by atomic mass is 10.2. The van der Waals surface area contributed by atoms with Gasteiger partial charge in [-0.15, -0.1) is 11.8 Å². The van der Waals surface area contributed by atoms with Crippen LogP contribution in [0.3, 0.4) is 0 Å². The first-order valence-electron chi connectivity index (χ1n) is 7.76. The number of rotatable bonds is 6. The van der Waals surface area contributed by atoms with Crippen LogP contribution in [0.15, 0.2) is 60.7 Å². The van der Waals surface area contributed by atoms with Crippen LogP contribution in [0.4, 0.5) is 0 Å². The van der Waals surface area contributed by atoms with Gasteiger partial charge in [0.25, 0.3) is 5.91 Å². The number of nitrogens with one attached hydrogen (secondary N) is 2. The van der Waals surface area contributed by atoms with Crippen molar-refractivity contribution in [2.45, 2.75) is 19.1 Å². The summed E-state index contributed by atoms with van der Waals surface area (Å²) in [4.78, 5) is 12.4. The van der Waals surface area contributed by atoms with E-state index in [4.69, 9.17) is 0 Å². The fourth-order valence-electron chi connectivity index (χ4n) is 2.54. The van der Waals surface area contributed by atoms with Gasteiger partial charge in [0.1, 0.15) is 0 Å². The van der Waals surface area contributed by atoms with Gasteiger partial charge in [-0.25, -0.2) is 5.01 Å². The molecule has 4 nitrogen and oxygen atoms in total. The van der Waals surface area contributed by atoms with Crippen molar-refractivity contribution in [3.8, 4) is 0 Å². The number of hydrazine groups is 1. The maximum Gasteiger partial charge on any atom is 0.252 e. The highest BCUT2D eigenvalue weighted by atomic mass is 32.2. The molecule has 3 rings (SSSR count). The molecule has 1 aliphatic rings. The predicted octanol–water partition coefficient (Wildman–Crippen LogP) is 2.38. The first-order chi connectivity index (χ1) is 11.3. The molecule has 0 aromatic heterocycles. The topological polar surface area (TPSA) is 44.4 Å². The molecule has 2 N–H and O–H groups in total. The van der Waals surface area contributed by atoms with Crippen LogP contribution in [0.1, 0.15) is 11.1 Å². The molecule has 1 aliphatic heterocycles. The summed E-state index contributed by atoms with van der Waals surface area (Å²) in [5.74, 6) is 1.72.